The van der Waals surface area contributed by atoms with Crippen molar-refractivity contribution in [1.82, 2.24) is 9.80 Å². The number of amides is 1. The van der Waals surface area contributed by atoms with Crippen molar-refractivity contribution in [2.24, 2.45) is 0 Å². The third-order valence-electron chi connectivity index (χ3n) is 4.55. The number of carbonyl (C=O) groups excluding carboxylic acids is 1. The van der Waals surface area contributed by atoms with Crippen LogP contribution in [0.5, 0.6) is 5.75 Å². The van der Waals surface area contributed by atoms with E-state index in [1.54, 1.807) is 7.11 Å². The van der Waals surface area contributed by atoms with Crippen LogP contribution < -0.4 is 4.74 Å². The second kappa shape index (κ2) is 7.49. The fourth-order valence-corrected chi connectivity index (χ4v) is 3.17. The number of hydrogen-bond acceptors (Lipinski definition) is 3. The predicted octanol–water partition coefficient (Wildman–Crippen LogP) is 2.96. The molecule has 0 aromatic heterocycles. The molecule has 1 fully saturated rings. The van der Waals surface area contributed by atoms with Gasteiger partial charge in [0.05, 0.1) is 7.11 Å². The minimum absolute atomic E-state index is 0.135. The maximum atomic E-state index is 12.5. The number of carbonyl (C=O) groups is 1. The lowest BCUT2D eigenvalue weighted by molar-refractivity contribution is 0.0628. The molecule has 0 saturated carbocycles. The molecule has 1 heterocycles. The van der Waals surface area contributed by atoms with E-state index in [-0.39, 0.29) is 5.91 Å². The van der Waals surface area contributed by atoms with E-state index in [4.69, 9.17) is 4.74 Å². The molecule has 2 aromatic rings. The Morgan fingerprint density at radius 3 is 2.38 bits per heavy atom. The lowest BCUT2D eigenvalue weighted by Crippen LogP contribution is -2.48. The summed E-state index contributed by atoms with van der Waals surface area (Å²) < 4.78 is 5.31. The highest BCUT2D eigenvalue weighted by molar-refractivity contribution is 5.94. The molecule has 1 amide bonds. The molecule has 0 bridgehead atoms. The van der Waals surface area contributed by atoms with Gasteiger partial charge in [-0.3, -0.25) is 9.69 Å². The van der Waals surface area contributed by atoms with Crippen molar-refractivity contribution < 1.29 is 9.53 Å². The summed E-state index contributed by atoms with van der Waals surface area (Å²) in [7, 11) is 1.70. The molecule has 24 heavy (non-hydrogen) atoms. The molecule has 0 N–H and O–H groups in total. The maximum Gasteiger partial charge on any atom is 0.253 e. The number of piperazine rings is 1. The third kappa shape index (κ3) is 3.77. The number of benzene rings is 2. The van der Waals surface area contributed by atoms with E-state index in [1.807, 2.05) is 41.3 Å². The van der Waals surface area contributed by atoms with Crippen molar-refractivity contribution in [3.8, 4) is 5.75 Å². The van der Waals surface area contributed by atoms with E-state index in [0.717, 1.165) is 49.6 Å². The van der Waals surface area contributed by atoms with Crippen LogP contribution in [-0.2, 0) is 6.54 Å². The van der Waals surface area contributed by atoms with Gasteiger partial charge in [-0.05, 0) is 36.2 Å². The van der Waals surface area contributed by atoms with Gasteiger partial charge in [0, 0.05) is 38.3 Å². The molecular formula is C20H24N2O2. The van der Waals surface area contributed by atoms with Gasteiger partial charge in [0.1, 0.15) is 5.75 Å². The Hall–Kier alpha value is -2.33. The normalized spacial score (nSPS) is 15.3. The van der Waals surface area contributed by atoms with Crippen molar-refractivity contribution >= 4 is 5.91 Å². The van der Waals surface area contributed by atoms with Crippen molar-refractivity contribution in [3.63, 3.8) is 0 Å². The predicted molar refractivity (Wildman–Crippen MR) is 95.4 cm³/mol. The molecule has 0 atom stereocenters. The van der Waals surface area contributed by atoms with E-state index in [2.05, 4.69) is 24.0 Å². The van der Waals surface area contributed by atoms with Crippen LogP contribution in [0.4, 0.5) is 0 Å². The number of ether oxygens (including phenoxy) is 1. The zero-order valence-electron chi connectivity index (χ0n) is 14.4. The Kier molecular flexibility index (Phi) is 5.16. The zero-order chi connectivity index (χ0) is 16.9. The lowest BCUT2D eigenvalue weighted by Gasteiger charge is -2.34. The van der Waals surface area contributed by atoms with Crippen molar-refractivity contribution in [1.29, 1.82) is 0 Å². The number of nitrogens with zero attached hydrogens (tertiary/aromatic N) is 2. The fraction of sp³-hybridized carbons (Fsp3) is 0.350. The van der Waals surface area contributed by atoms with Crippen LogP contribution in [0.3, 0.4) is 0 Å². The maximum absolute atomic E-state index is 12.5. The first-order chi connectivity index (χ1) is 11.7. The van der Waals surface area contributed by atoms with Gasteiger partial charge in [-0.1, -0.05) is 30.3 Å². The van der Waals surface area contributed by atoms with Gasteiger partial charge in [-0.2, -0.15) is 0 Å². The van der Waals surface area contributed by atoms with Crippen molar-refractivity contribution in [3.05, 3.63) is 65.2 Å². The van der Waals surface area contributed by atoms with Crippen LogP contribution in [0.15, 0.2) is 48.5 Å². The van der Waals surface area contributed by atoms with Crippen LogP contribution >= 0.6 is 0 Å². The quantitative estimate of drug-likeness (QED) is 0.867. The fourth-order valence-electron chi connectivity index (χ4n) is 3.17. The van der Waals surface area contributed by atoms with E-state index in [1.165, 1.54) is 5.56 Å². The number of rotatable bonds is 4. The summed E-state index contributed by atoms with van der Waals surface area (Å²) in [4.78, 5) is 16.8. The molecule has 0 spiro atoms. The molecule has 0 unspecified atom stereocenters. The van der Waals surface area contributed by atoms with E-state index >= 15 is 0 Å². The zero-order valence-corrected chi connectivity index (χ0v) is 14.4. The van der Waals surface area contributed by atoms with Gasteiger partial charge >= 0.3 is 0 Å². The summed E-state index contributed by atoms with van der Waals surface area (Å²) in [6.45, 7) is 6.36. The molecule has 2 aromatic carbocycles. The molecule has 4 nitrogen and oxygen atoms in total. The summed E-state index contributed by atoms with van der Waals surface area (Å²) >= 11 is 0. The Balaban J connectivity index is 1.55. The van der Waals surface area contributed by atoms with Crippen LogP contribution in [0, 0.1) is 6.92 Å². The average Bonchev–Trinajstić information content (AvgIpc) is 2.63. The Morgan fingerprint density at radius 2 is 1.75 bits per heavy atom. The van der Waals surface area contributed by atoms with Crippen molar-refractivity contribution in [2.45, 2.75) is 13.5 Å². The van der Waals surface area contributed by atoms with Crippen LogP contribution in [0.2, 0.25) is 0 Å². The summed E-state index contributed by atoms with van der Waals surface area (Å²) in [5.74, 6) is 1.06. The number of aryl methyl sites for hydroxylation is 1. The largest absolute Gasteiger partial charge is 0.496 e. The summed E-state index contributed by atoms with van der Waals surface area (Å²) in [6.07, 6.45) is 0. The molecule has 1 aliphatic heterocycles. The van der Waals surface area contributed by atoms with Crippen LogP contribution in [0.1, 0.15) is 21.5 Å². The summed E-state index contributed by atoms with van der Waals surface area (Å²) in [5.41, 5.74) is 3.22. The highest BCUT2D eigenvalue weighted by Gasteiger charge is 2.22. The Labute approximate surface area is 143 Å². The second-order valence-corrected chi connectivity index (χ2v) is 6.24. The van der Waals surface area contributed by atoms with Gasteiger partial charge < -0.3 is 9.64 Å². The first kappa shape index (κ1) is 16.5. The highest BCUT2D eigenvalue weighted by atomic mass is 16.5. The molecular weight excluding hydrogens is 300 g/mol. The first-order valence-corrected chi connectivity index (χ1v) is 8.37. The molecule has 0 radical (unpaired) electrons. The monoisotopic (exact) mass is 324 g/mol. The topological polar surface area (TPSA) is 32.8 Å². The van der Waals surface area contributed by atoms with E-state index in [0.29, 0.717) is 0 Å². The minimum atomic E-state index is 0.135. The van der Waals surface area contributed by atoms with Gasteiger partial charge in [-0.25, -0.2) is 0 Å². The molecule has 0 aliphatic carbocycles. The standard InChI is InChI=1S/C20H24N2O2/c1-16-14-17(8-9-19(16)24-2)15-21-10-12-22(13-11-21)20(23)18-6-4-3-5-7-18/h3-9,14H,10-13,15H2,1-2H3. The number of methoxy groups -OCH3 is 1. The number of hydrogen-bond donors (Lipinski definition) is 0. The molecule has 3 rings (SSSR count). The molecule has 4 heteroatoms. The highest BCUT2D eigenvalue weighted by Crippen LogP contribution is 2.20. The average molecular weight is 324 g/mol. The van der Waals surface area contributed by atoms with Crippen molar-refractivity contribution in [2.75, 3.05) is 33.3 Å². The van der Waals surface area contributed by atoms with Gasteiger partial charge in [0.25, 0.3) is 5.91 Å². The first-order valence-electron chi connectivity index (χ1n) is 8.37. The second-order valence-electron chi connectivity index (χ2n) is 6.24. The lowest BCUT2D eigenvalue weighted by atomic mass is 10.1. The Bertz CT molecular complexity index is 692. The smallest absolute Gasteiger partial charge is 0.253 e. The van der Waals surface area contributed by atoms with Crippen LogP contribution in [0.25, 0.3) is 0 Å². The molecule has 1 saturated heterocycles. The van der Waals surface area contributed by atoms with Crippen LogP contribution in [-0.4, -0.2) is 49.0 Å². The van der Waals surface area contributed by atoms with E-state index < -0.39 is 0 Å². The summed E-state index contributed by atoms with van der Waals surface area (Å²) in [5, 5.41) is 0. The van der Waals surface area contributed by atoms with E-state index in [9.17, 15) is 4.79 Å². The van der Waals surface area contributed by atoms with Gasteiger partial charge in [0.2, 0.25) is 0 Å². The third-order valence-corrected chi connectivity index (χ3v) is 4.55. The SMILES string of the molecule is COc1ccc(CN2CCN(C(=O)c3ccccc3)CC2)cc1C. The Morgan fingerprint density at radius 1 is 1.04 bits per heavy atom. The summed E-state index contributed by atoms with van der Waals surface area (Å²) in [6, 6.07) is 15.9. The molecule has 126 valence electrons. The minimum Gasteiger partial charge on any atom is -0.496 e. The molecule has 1 aliphatic rings. The van der Waals surface area contributed by atoms with Gasteiger partial charge in [-0.15, -0.1) is 0 Å². The van der Waals surface area contributed by atoms with Gasteiger partial charge in [0.15, 0.2) is 0 Å².